The van der Waals surface area contributed by atoms with Crippen molar-refractivity contribution in [2.75, 3.05) is 6.54 Å². The summed E-state index contributed by atoms with van der Waals surface area (Å²) in [4.78, 5) is 0. The molecule has 0 amide bonds. The number of benzene rings is 2. The normalized spacial score (nSPS) is 12.1. The summed E-state index contributed by atoms with van der Waals surface area (Å²) >= 11 is 0. The molecule has 0 saturated carbocycles. The molecule has 0 spiro atoms. The molecule has 16 heavy (non-hydrogen) atoms. The predicted octanol–water partition coefficient (Wildman–Crippen LogP) is 1.93. The van der Waals surface area contributed by atoms with Gasteiger partial charge in [0.15, 0.2) is 0 Å². The standard InChI is InChI=1S/C12H14N2O.ClH/c13-7-11(14)9-5-6-12(15)10-4-2-1-3-8(9)10;/h1-6,11,15H,7,13-14H2;1H/t11-;/m0./s1. The van der Waals surface area contributed by atoms with Crippen molar-refractivity contribution in [2.24, 2.45) is 11.5 Å². The molecule has 86 valence electrons. The lowest BCUT2D eigenvalue weighted by molar-refractivity contribution is 0.481. The topological polar surface area (TPSA) is 72.3 Å². The van der Waals surface area contributed by atoms with Crippen molar-refractivity contribution >= 4 is 23.2 Å². The van der Waals surface area contributed by atoms with Crippen molar-refractivity contribution in [1.82, 2.24) is 0 Å². The number of phenolic OH excluding ortho intramolecular Hbond substituents is 1. The molecule has 0 aliphatic carbocycles. The van der Waals surface area contributed by atoms with E-state index in [-0.39, 0.29) is 24.2 Å². The average Bonchev–Trinajstić information content (AvgIpc) is 2.29. The van der Waals surface area contributed by atoms with Crippen molar-refractivity contribution in [1.29, 1.82) is 0 Å². The molecule has 3 nitrogen and oxygen atoms in total. The van der Waals surface area contributed by atoms with E-state index in [0.29, 0.717) is 6.54 Å². The Bertz CT molecular complexity index is 487. The van der Waals surface area contributed by atoms with E-state index >= 15 is 0 Å². The second kappa shape index (κ2) is 5.16. The molecule has 2 rings (SSSR count). The SMILES string of the molecule is Cl.NC[C@H](N)c1ccc(O)c2ccccc12. The summed E-state index contributed by atoms with van der Waals surface area (Å²) in [6.07, 6.45) is 0. The van der Waals surface area contributed by atoms with Crippen LogP contribution in [0.5, 0.6) is 5.75 Å². The Morgan fingerprint density at radius 3 is 2.31 bits per heavy atom. The van der Waals surface area contributed by atoms with Crippen LogP contribution in [0.4, 0.5) is 0 Å². The first-order valence-corrected chi connectivity index (χ1v) is 4.90. The Hall–Kier alpha value is -1.29. The van der Waals surface area contributed by atoms with Crippen LogP contribution in [0.1, 0.15) is 11.6 Å². The van der Waals surface area contributed by atoms with Crippen LogP contribution >= 0.6 is 12.4 Å². The van der Waals surface area contributed by atoms with Gasteiger partial charge in [-0.15, -0.1) is 12.4 Å². The fraction of sp³-hybridized carbons (Fsp3) is 0.167. The van der Waals surface area contributed by atoms with Crippen LogP contribution in [-0.2, 0) is 0 Å². The maximum Gasteiger partial charge on any atom is 0.123 e. The van der Waals surface area contributed by atoms with Gasteiger partial charge in [0.2, 0.25) is 0 Å². The zero-order chi connectivity index (χ0) is 10.8. The van der Waals surface area contributed by atoms with Gasteiger partial charge in [-0.1, -0.05) is 30.3 Å². The van der Waals surface area contributed by atoms with Crippen molar-refractivity contribution in [3.05, 3.63) is 42.0 Å². The van der Waals surface area contributed by atoms with Gasteiger partial charge in [0.05, 0.1) is 0 Å². The monoisotopic (exact) mass is 238 g/mol. The lowest BCUT2D eigenvalue weighted by Crippen LogP contribution is -2.20. The molecule has 0 aliphatic rings. The van der Waals surface area contributed by atoms with E-state index in [1.54, 1.807) is 6.07 Å². The minimum atomic E-state index is -0.185. The van der Waals surface area contributed by atoms with Crippen LogP contribution in [0.3, 0.4) is 0 Å². The first kappa shape index (κ1) is 12.8. The second-order valence-corrected chi connectivity index (χ2v) is 3.56. The quantitative estimate of drug-likeness (QED) is 0.749. The van der Waals surface area contributed by atoms with Gasteiger partial charge in [-0.3, -0.25) is 0 Å². The summed E-state index contributed by atoms with van der Waals surface area (Å²) in [7, 11) is 0. The van der Waals surface area contributed by atoms with E-state index in [2.05, 4.69) is 0 Å². The molecule has 4 heteroatoms. The first-order valence-electron chi connectivity index (χ1n) is 4.90. The van der Waals surface area contributed by atoms with Gasteiger partial charge < -0.3 is 16.6 Å². The minimum absolute atomic E-state index is 0. The van der Waals surface area contributed by atoms with E-state index in [0.717, 1.165) is 16.3 Å². The van der Waals surface area contributed by atoms with Crippen LogP contribution < -0.4 is 11.5 Å². The zero-order valence-corrected chi connectivity index (χ0v) is 9.58. The third kappa shape index (κ3) is 2.11. The van der Waals surface area contributed by atoms with Crippen LogP contribution in [0.2, 0.25) is 0 Å². The summed E-state index contributed by atoms with van der Waals surface area (Å²) in [5, 5.41) is 11.5. The highest BCUT2D eigenvalue weighted by Crippen LogP contribution is 2.29. The largest absolute Gasteiger partial charge is 0.507 e. The van der Waals surface area contributed by atoms with Crippen molar-refractivity contribution < 1.29 is 5.11 Å². The van der Waals surface area contributed by atoms with Gasteiger partial charge in [-0.25, -0.2) is 0 Å². The highest BCUT2D eigenvalue weighted by molar-refractivity contribution is 5.91. The van der Waals surface area contributed by atoms with E-state index in [1.165, 1.54) is 0 Å². The summed E-state index contributed by atoms with van der Waals surface area (Å²) in [5.74, 6) is 0.276. The Kier molecular flexibility index (Phi) is 4.12. The summed E-state index contributed by atoms with van der Waals surface area (Å²) in [6, 6.07) is 10.9. The molecule has 0 unspecified atom stereocenters. The molecule has 2 aromatic rings. The molecule has 5 N–H and O–H groups in total. The number of aromatic hydroxyl groups is 1. The highest BCUT2D eigenvalue weighted by atomic mass is 35.5. The maximum absolute atomic E-state index is 9.68. The van der Waals surface area contributed by atoms with Crippen molar-refractivity contribution in [3.8, 4) is 5.75 Å². The third-order valence-corrected chi connectivity index (χ3v) is 2.59. The fourth-order valence-corrected chi connectivity index (χ4v) is 1.76. The molecule has 0 fully saturated rings. The Balaban J connectivity index is 0.00000128. The van der Waals surface area contributed by atoms with Gasteiger partial charge in [0.1, 0.15) is 5.75 Å². The Labute approximate surface area is 100 Å². The third-order valence-electron chi connectivity index (χ3n) is 2.59. The van der Waals surface area contributed by atoms with Gasteiger partial charge in [-0.2, -0.15) is 0 Å². The second-order valence-electron chi connectivity index (χ2n) is 3.56. The van der Waals surface area contributed by atoms with E-state index in [4.69, 9.17) is 11.5 Å². The number of nitrogens with two attached hydrogens (primary N) is 2. The lowest BCUT2D eigenvalue weighted by Gasteiger charge is -2.13. The van der Waals surface area contributed by atoms with Gasteiger partial charge in [0.25, 0.3) is 0 Å². The lowest BCUT2D eigenvalue weighted by atomic mass is 9.99. The zero-order valence-electron chi connectivity index (χ0n) is 8.76. The average molecular weight is 239 g/mol. The van der Waals surface area contributed by atoms with Crippen molar-refractivity contribution in [2.45, 2.75) is 6.04 Å². The van der Waals surface area contributed by atoms with Gasteiger partial charge in [0, 0.05) is 18.0 Å². The molecule has 0 radical (unpaired) electrons. The fourth-order valence-electron chi connectivity index (χ4n) is 1.76. The smallest absolute Gasteiger partial charge is 0.123 e. The summed E-state index contributed by atoms with van der Waals surface area (Å²) in [6.45, 7) is 0.398. The van der Waals surface area contributed by atoms with Gasteiger partial charge >= 0.3 is 0 Å². The predicted molar refractivity (Wildman–Crippen MR) is 68.8 cm³/mol. The molecule has 0 aliphatic heterocycles. The maximum atomic E-state index is 9.68. The Morgan fingerprint density at radius 1 is 1.06 bits per heavy atom. The van der Waals surface area contributed by atoms with E-state index in [1.807, 2.05) is 30.3 Å². The van der Waals surface area contributed by atoms with Crippen LogP contribution in [0.15, 0.2) is 36.4 Å². The summed E-state index contributed by atoms with van der Waals surface area (Å²) < 4.78 is 0. The molecule has 2 aromatic carbocycles. The van der Waals surface area contributed by atoms with Crippen LogP contribution in [0.25, 0.3) is 10.8 Å². The number of phenols is 1. The van der Waals surface area contributed by atoms with E-state index in [9.17, 15) is 5.11 Å². The molecule has 0 saturated heterocycles. The molecular weight excluding hydrogens is 224 g/mol. The highest BCUT2D eigenvalue weighted by Gasteiger charge is 2.09. The molecule has 0 bridgehead atoms. The summed E-state index contributed by atoms with van der Waals surface area (Å²) in [5.41, 5.74) is 12.4. The Morgan fingerprint density at radius 2 is 1.69 bits per heavy atom. The minimum Gasteiger partial charge on any atom is -0.507 e. The van der Waals surface area contributed by atoms with E-state index < -0.39 is 0 Å². The number of hydrogen-bond acceptors (Lipinski definition) is 3. The van der Waals surface area contributed by atoms with Crippen LogP contribution in [0, 0.1) is 0 Å². The number of rotatable bonds is 2. The number of hydrogen-bond donors (Lipinski definition) is 3. The van der Waals surface area contributed by atoms with Gasteiger partial charge in [-0.05, 0) is 17.0 Å². The molecule has 0 heterocycles. The molecular formula is C12H15ClN2O. The molecule has 0 aromatic heterocycles. The number of fused-ring (bicyclic) bond motifs is 1. The molecule has 1 atom stereocenters. The first-order chi connectivity index (χ1) is 7.24. The number of halogens is 1. The van der Waals surface area contributed by atoms with Crippen molar-refractivity contribution in [3.63, 3.8) is 0 Å². The van der Waals surface area contributed by atoms with Crippen LogP contribution in [-0.4, -0.2) is 11.7 Å².